The molecule has 1 aliphatic heterocycles. The fourth-order valence-corrected chi connectivity index (χ4v) is 3.56. The van der Waals surface area contributed by atoms with Crippen molar-refractivity contribution in [2.24, 2.45) is 0 Å². The minimum atomic E-state index is -4.26. The molecule has 1 saturated heterocycles. The summed E-state index contributed by atoms with van der Waals surface area (Å²) in [7, 11) is 0. The van der Waals surface area contributed by atoms with Gasteiger partial charge in [0.05, 0.1) is 23.6 Å². The fraction of sp³-hybridized carbons (Fsp3) is 0.400. The second kappa shape index (κ2) is 7.33. The van der Waals surface area contributed by atoms with E-state index in [0.29, 0.717) is 16.7 Å². The molecular formula is C20H21F3N4O. The van der Waals surface area contributed by atoms with E-state index in [9.17, 15) is 13.2 Å². The van der Waals surface area contributed by atoms with Crippen LogP contribution in [0.1, 0.15) is 18.5 Å². The van der Waals surface area contributed by atoms with Gasteiger partial charge in [-0.15, -0.1) is 0 Å². The van der Waals surface area contributed by atoms with Gasteiger partial charge in [0.15, 0.2) is 0 Å². The third kappa shape index (κ3) is 4.05. The van der Waals surface area contributed by atoms with E-state index in [1.54, 1.807) is 30.6 Å². The second-order valence-electron chi connectivity index (χ2n) is 7.07. The summed E-state index contributed by atoms with van der Waals surface area (Å²) in [6.45, 7) is 2.50. The molecule has 0 bridgehead atoms. The quantitative estimate of drug-likeness (QED) is 0.664. The third-order valence-electron chi connectivity index (χ3n) is 4.95. The van der Waals surface area contributed by atoms with Gasteiger partial charge in [0.2, 0.25) is 0 Å². The molecule has 1 aliphatic rings. The highest BCUT2D eigenvalue weighted by atomic mass is 19.4. The largest absolute Gasteiger partial charge is 0.490 e. The lowest BCUT2D eigenvalue weighted by Gasteiger charge is -2.32. The molecule has 0 N–H and O–H groups in total. The average molecular weight is 390 g/mol. The average Bonchev–Trinajstić information content (AvgIpc) is 3.05. The van der Waals surface area contributed by atoms with E-state index in [1.165, 1.54) is 10.8 Å². The summed E-state index contributed by atoms with van der Waals surface area (Å²) in [5.41, 5.74) is 1.41. The molecule has 0 spiro atoms. The molecule has 3 heterocycles. The van der Waals surface area contributed by atoms with Gasteiger partial charge >= 0.3 is 6.18 Å². The van der Waals surface area contributed by atoms with E-state index in [0.717, 1.165) is 37.4 Å². The molecule has 0 radical (unpaired) electrons. The predicted octanol–water partition coefficient (Wildman–Crippen LogP) is 4.35. The van der Waals surface area contributed by atoms with Crippen molar-refractivity contribution >= 4 is 16.7 Å². The summed E-state index contributed by atoms with van der Waals surface area (Å²) < 4.78 is 45.6. The summed E-state index contributed by atoms with van der Waals surface area (Å²) in [5, 5.41) is 0.707. The zero-order valence-electron chi connectivity index (χ0n) is 15.5. The molecule has 0 aliphatic carbocycles. The van der Waals surface area contributed by atoms with Gasteiger partial charge in [-0.2, -0.15) is 13.2 Å². The Hall–Kier alpha value is -2.77. The number of anilines is 1. The van der Waals surface area contributed by atoms with Crippen LogP contribution in [-0.2, 0) is 6.54 Å². The Morgan fingerprint density at radius 1 is 1.11 bits per heavy atom. The van der Waals surface area contributed by atoms with Gasteiger partial charge in [0.25, 0.3) is 0 Å². The van der Waals surface area contributed by atoms with Crippen LogP contribution < -0.4 is 9.64 Å². The van der Waals surface area contributed by atoms with Crippen molar-refractivity contribution in [3.05, 3.63) is 48.5 Å². The first-order valence-electron chi connectivity index (χ1n) is 9.24. The van der Waals surface area contributed by atoms with E-state index in [-0.39, 0.29) is 6.10 Å². The number of piperidine rings is 1. The Kier molecular flexibility index (Phi) is 4.87. The first-order valence-corrected chi connectivity index (χ1v) is 9.24. The molecule has 148 valence electrons. The van der Waals surface area contributed by atoms with Crippen LogP contribution in [-0.4, -0.2) is 39.9 Å². The molecule has 0 saturated carbocycles. The first-order chi connectivity index (χ1) is 13.4. The number of halogens is 3. The van der Waals surface area contributed by atoms with Crippen molar-refractivity contribution in [3.8, 4) is 5.75 Å². The van der Waals surface area contributed by atoms with Gasteiger partial charge in [-0.05, 0) is 25.1 Å². The van der Waals surface area contributed by atoms with Gasteiger partial charge in [-0.1, -0.05) is 6.07 Å². The Balaban J connectivity index is 1.44. The first kappa shape index (κ1) is 18.6. The monoisotopic (exact) mass is 390 g/mol. The summed E-state index contributed by atoms with van der Waals surface area (Å²) in [6.07, 6.45) is 2.39. The van der Waals surface area contributed by atoms with E-state index in [1.807, 2.05) is 13.0 Å². The number of rotatable bonds is 4. The Morgan fingerprint density at radius 2 is 1.89 bits per heavy atom. The fourth-order valence-electron chi connectivity index (χ4n) is 3.56. The number of fused-ring (bicyclic) bond motifs is 1. The van der Waals surface area contributed by atoms with Crippen molar-refractivity contribution in [2.75, 3.05) is 18.0 Å². The van der Waals surface area contributed by atoms with Crippen LogP contribution >= 0.6 is 0 Å². The van der Waals surface area contributed by atoms with Crippen LogP contribution in [0.15, 0.2) is 42.9 Å². The number of aromatic nitrogens is 3. The van der Waals surface area contributed by atoms with Gasteiger partial charge in [-0.3, -0.25) is 4.98 Å². The Morgan fingerprint density at radius 3 is 2.57 bits per heavy atom. The molecule has 8 heteroatoms. The van der Waals surface area contributed by atoms with Crippen molar-refractivity contribution in [1.29, 1.82) is 0 Å². The zero-order chi connectivity index (χ0) is 19.7. The van der Waals surface area contributed by atoms with Crippen molar-refractivity contribution in [1.82, 2.24) is 14.5 Å². The lowest BCUT2D eigenvalue weighted by Crippen LogP contribution is -2.38. The summed E-state index contributed by atoms with van der Waals surface area (Å²) in [4.78, 5) is 10.9. The van der Waals surface area contributed by atoms with E-state index in [4.69, 9.17) is 4.74 Å². The lowest BCUT2D eigenvalue weighted by molar-refractivity contribution is -0.139. The van der Waals surface area contributed by atoms with Crippen LogP contribution in [0.3, 0.4) is 0 Å². The summed E-state index contributed by atoms with van der Waals surface area (Å²) in [5.74, 6) is 1.49. The third-order valence-corrected chi connectivity index (χ3v) is 4.95. The SMILES string of the molecule is Cc1cnc(N2CCC(Oc3cccc4c3ccn4CC(F)(F)F)CC2)cn1. The maximum Gasteiger partial charge on any atom is 0.406 e. The van der Waals surface area contributed by atoms with E-state index in [2.05, 4.69) is 14.9 Å². The number of hydrogen-bond acceptors (Lipinski definition) is 4. The standard InChI is InChI=1S/C20H21F3N4O/c1-14-11-25-19(12-24-14)26-8-5-15(6-9-26)28-18-4-2-3-17-16(18)7-10-27(17)13-20(21,22)23/h2-4,7,10-12,15H,5-6,8-9,13H2,1H3. The summed E-state index contributed by atoms with van der Waals surface area (Å²) >= 11 is 0. The van der Waals surface area contributed by atoms with E-state index < -0.39 is 12.7 Å². The molecular weight excluding hydrogens is 369 g/mol. The topological polar surface area (TPSA) is 43.2 Å². The minimum absolute atomic E-state index is 0.0197. The molecule has 0 amide bonds. The van der Waals surface area contributed by atoms with Crippen LogP contribution in [0.2, 0.25) is 0 Å². The molecule has 1 fully saturated rings. The van der Waals surface area contributed by atoms with Crippen LogP contribution in [0.4, 0.5) is 19.0 Å². The smallest absolute Gasteiger partial charge is 0.406 e. The molecule has 5 nitrogen and oxygen atoms in total. The molecule has 2 aromatic heterocycles. The number of nitrogens with zero attached hydrogens (tertiary/aromatic N) is 4. The van der Waals surface area contributed by atoms with Gasteiger partial charge < -0.3 is 14.2 Å². The zero-order valence-corrected chi connectivity index (χ0v) is 15.5. The lowest BCUT2D eigenvalue weighted by atomic mass is 10.1. The Bertz CT molecular complexity index is 944. The number of hydrogen-bond donors (Lipinski definition) is 0. The highest BCUT2D eigenvalue weighted by Crippen LogP contribution is 2.31. The van der Waals surface area contributed by atoms with Gasteiger partial charge in [-0.25, -0.2) is 4.98 Å². The molecule has 28 heavy (non-hydrogen) atoms. The number of benzene rings is 1. The van der Waals surface area contributed by atoms with Crippen LogP contribution in [0.5, 0.6) is 5.75 Å². The minimum Gasteiger partial charge on any atom is -0.490 e. The van der Waals surface area contributed by atoms with Crippen molar-refractivity contribution < 1.29 is 17.9 Å². The summed E-state index contributed by atoms with van der Waals surface area (Å²) in [6, 6.07) is 6.93. The van der Waals surface area contributed by atoms with E-state index >= 15 is 0 Å². The van der Waals surface area contributed by atoms with Gasteiger partial charge in [0, 0.05) is 37.5 Å². The number of alkyl halides is 3. The number of ether oxygens (including phenoxy) is 1. The van der Waals surface area contributed by atoms with Crippen molar-refractivity contribution in [2.45, 2.75) is 38.6 Å². The molecule has 1 aromatic carbocycles. The highest BCUT2D eigenvalue weighted by Gasteiger charge is 2.29. The Labute approximate surface area is 160 Å². The maximum absolute atomic E-state index is 12.8. The van der Waals surface area contributed by atoms with Crippen LogP contribution in [0.25, 0.3) is 10.9 Å². The highest BCUT2D eigenvalue weighted by molar-refractivity contribution is 5.86. The molecule has 4 rings (SSSR count). The van der Waals surface area contributed by atoms with Crippen LogP contribution in [0, 0.1) is 6.92 Å². The number of aryl methyl sites for hydroxylation is 1. The van der Waals surface area contributed by atoms with Gasteiger partial charge in [0.1, 0.15) is 24.2 Å². The second-order valence-corrected chi connectivity index (χ2v) is 7.07. The predicted molar refractivity (Wildman–Crippen MR) is 101 cm³/mol. The normalized spacial score (nSPS) is 15.9. The molecule has 3 aromatic rings. The molecule has 0 unspecified atom stereocenters. The maximum atomic E-state index is 12.8. The van der Waals surface area contributed by atoms with Crippen molar-refractivity contribution in [3.63, 3.8) is 0 Å². The molecule has 0 atom stereocenters.